The SMILES string of the molecule is Nc1ccc2nc(-c3ccc(Nc4ccncc4)cc3)[nH]c2c1. The normalized spacial score (nSPS) is 10.8. The van der Waals surface area contributed by atoms with Gasteiger partial charge in [0.1, 0.15) is 5.82 Å². The number of H-pyrrole nitrogens is 1. The molecule has 0 radical (unpaired) electrons. The molecule has 0 bridgehead atoms. The van der Waals surface area contributed by atoms with Gasteiger partial charge in [0.25, 0.3) is 0 Å². The average Bonchev–Trinajstić information content (AvgIpc) is 2.99. The van der Waals surface area contributed by atoms with Crippen LogP contribution in [0.15, 0.2) is 67.0 Å². The second-order valence-electron chi connectivity index (χ2n) is 5.30. The summed E-state index contributed by atoms with van der Waals surface area (Å²) in [7, 11) is 0. The number of nitrogens with zero attached hydrogens (tertiary/aromatic N) is 2. The lowest BCUT2D eigenvalue weighted by Crippen LogP contribution is -1.90. The first-order valence-electron chi connectivity index (χ1n) is 7.31. The lowest BCUT2D eigenvalue weighted by atomic mass is 10.2. The molecule has 2 aromatic heterocycles. The lowest BCUT2D eigenvalue weighted by molar-refractivity contribution is 1.32. The number of fused-ring (bicyclic) bond motifs is 1. The van der Waals surface area contributed by atoms with Crippen molar-refractivity contribution in [3.05, 3.63) is 67.0 Å². The van der Waals surface area contributed by atoms with E-state index >= 15 is 0 Å². The van der Waals surface area contributed by atoms with Gasteiger partial charge in [0.15, 0.2) is 0 Å². The van der Waals surface area contributed by atoms with Crippen LogP contribution < -0.4 is 11.1 Å². The van der Waals surface area contributed by atoms with Gasteiger partial charge in [0.2, 0.25) is 0 Å². The molecule has 0 atom stereocenters. The number of rotatable bonds is 3. The van der Waals surface area contributed by atoms with Crippen molar-refractivity contribution in [3.8, 4) is 11.4 Å². The Morgan fingerprint density at radius 2 is 1.61 bits per heavy atom. The molecule has 0 amide bonds. The highest BCUT2D eigenvalue weighted by atomic mass is 14.9. The van der Waals surface area contributed by atoms with E-state index in [2.05, 4.69) is 20.3 Å². The number of hydrogen-bond donors (Lipinski definition) is 3. The second-order valence-corrected chi connectivity index (χ2v) is 5.30. The maximum atomic E-state index is 5.80. The van der Waals surface area contributed by atoms with Gasteiger partial charge in [0.05, 0.1) is 11.0 Å². The van der Waals surface area contributed by atoms with Gasteiger partial charge in [-0.15, -0.1) is 0 Å². The van der Waals surface area contributed by atoms with Crippen molar-refractivity contribution in [3.63, 3.8) is 0 Å². The van der Waals surface area contributed by atoms with Crippen LogP contribution >= 0.6 is 0 Å². The third kappa shape index (κ3) is 2.72. The number of imidazole rings is 1. The molecule has 2 heterocycles. The molecule has 0 spiro atoms. The predicted molar refractivity (Wildman–Crippen MR) is 93.5 cm³/mol. The van der Waals surface area contributed by atoms with E-state index < -0.39 is 0 Å². The standard InChI is InChI=1S/C18H15N5/c19-13-3-6-16-17(11-13)23-18(22-16)12-1-4-14(5-2-12)21-15-7-9-20-10-8-15/h1-11H,19H2,(H,20,21)(H,22,23). The molecule has 4 aromatic rings. The summed E-state index contributed by atoms with van der Waals surface area (Å²) in [6.07, 6.45) is 3.52. The number of anilines is 3. The number of aromatic amines is 1. The van der Waals surface area contributed by atoms with E-state index in [4.69, 9.17) is 5.73 Å². The highest BCUT2D eigenvalue weighted by Gasteiger charge is 2.05. The summed E-state index contributed by atoms with van der Waals surface area (Å²) in [4.78, 5) is 11.9. The summed E-state index contributed by atoms with van der Waals surface area (Å²) in [5.41, 5.74) is 11.4. The van der Waals surface area contributed by atoms with E-state index in [-0.39, 0.29) is 0 Å². The number of nitrogen functional groups attached to an aromatic ring is 1. The van der Waals surface area contributed by atoms with Crippen LogP contribution in [0.2, 0.25) is 0 Å². The number of benzene rings is 2. The van der Waals surface area contributed by atoms with Crippen LogP contribution in [-0.4, -0.2) is 15.0 Å². The van der Waals surface area contributed by atoms with E-state index in [0.717, 1.165) is 39.5 Å². The van der Waals surface area contributed by atoms with Crippen LogP contribution in [0.5, 0.6) is 0 Å². The summed E-state index contributed by atoms with van der Waals surface area (Å²) >= 11 is 0. The summed E-state index contributed by atoms with van der Waals surface area (Å²) in [5.74, 6) is 0.834. The molecule has 4 N–H and O–H groups in total. The minimum absolute atomic E-state index is 0.726. The molecule has 23 heavy (non-hydrogen) atoms. The molecular weight excluding hydrogens is 286 g/mol. The number of pyridine rings is 1. The van der Waals surface area contributed by atoms with Crippen molar-refractivity contribution >= 4 is 28.1 Å². The van der Waals surface area contributed by atoms with Crippen LogP contribution in [0.3, 0.4) is 0 Å². The zero-order chi connectivity index (χ0) is 15.6. The number of aromatic nitrogens is 3. The molecule has 0 fully saturated rings. The Hall–Kier alpha value is -3.34. The van der Waals surface area contributed by atoms with Crippen LogP contribution in [0.25, 0.3) is 22.4 Å². The Morgan fingerprint density at radius 1 is 0.870 bits per heavy atom. The third-order valence-corrected chi connectivity index (χ3v) is 3.63. The summed E-state index contributed by atoms with van der Waals surface area (Å²) in [6, 6.07) is 17.6. The minimum Gasteiger partial charge on any atom is -0.399 e. The van der Waals surface area contributed by atoms with Crippen molar-refractivity contribution in [2.75, 3.05) is 11.1 Å². The predicted octanol–water partition coefficient (Wildman–Crippen LogP) is 3.95. The molecule has 4 rings (SSSR count). The molecule has 5 heteroatoms. The van der Waals surface area contributed by atoms with Crippen LogP contribution in [0, 0.1) is 0 Å². The Balaban J connectivity index is 1.61. The van der Waals surface area contributed by atoms with E-state index in [9.17, 15) is 0 Å². The smallest absolute Gasteiger partial charge is 0.138 e. The third-order valence-electron chi connectivity index (χ3n) is 3.63. The first-order chi connectivity index (χ1) is 11.3. The van der Waals surface area contributed by atoms with Gasteiger partial charge < -0.3 is 16.0 Å². The Labute approximate surface area is 133 Å². The molecule has 0 saturated carbocycles. The fraction of sp³-hybridized carbons (Fsp3) is 0. The first-order valence-corrected chi connectivity index (χ1v) is 7.31. The van der Waals surface area contributed by atoms with Gasteiger partial charge in [-0.1, -0.05) is 0 Å². The average molecular weight is 301 g/mol. The van der Waals surface area contributed by atoms with Crippen molar-refractivity contribution < 1.29 is 0 Å². The molecule has 2 aromatic carbocycles. The van der Waals surface area contributed by atoms with E-state index in [1.54, 1.807) is 12.4 Å². The second kappa shape index (κ2) is 5.46. The number of nitrogens with one attached hydrogen (secondary N) is 2. The van der Waals surface area contributed by atoms with Gasteiger partial charge in [-0.3, -0.25) is 4.98 Å². The molecule has 5 nitrogen and oxygen atoms in total. The Bertz CT molecular complexity index is 942. The van der Waals surface area contributed by atoms with Gasteiger partial charge in [0, 0.05) is 35.0 Å². The van der Waals surface area contributed by atoms with Crippen molar-refractivity contribution in [2.24, 2.45) is 0 Å². The van der Waals surface area contributed by atoms with Crippen LogP contribution in [-0.2, 0) is 0 Å². The highest BCUT2D eigenvalue weighted by molar-refractivity contribution is 5.82. The van der Waals surface area contributed by atoms with E-state index in [0.29, 0.717) is 0 Å². The zero-order valence-electron chi connectivity index (χ0n) is 12.3. The Kier molecular flexibility index (Phi) is 3.16. The van der Waals surface area contributed by atoms with Crippen molar-refractivity contribution in [1.29, 1.82) is 0 Å². The number of nitrogens with two attached hydrogens (primary N) is 1. The monoisotopic (exact) mass is 301 g/mol. The molecular formula is C18H15N5. The van der Waals surface area contributed by atoms with Crippen molar-refractivity contribution in [1.82, 2.24) is 15.0 Å². The molecule has 112 valence electrons. The van der Waals surface area contributed by atoms with Gasteiger partial charge >= 0.3 is 0 Å². The van der Waals surface area contributed by atoms with Gasteiger partial charge in [-0.25, -0.2) is 4.98 Å². The van der Waals surface area contributed by atoms with Gasteiger partial charge in [-0.2, -0.15) is 0 Å². The van der Waals surface area contributed by atoms with E-state index in [1.165, 1.54) is 0 Å². The largest absolute Gasteiger partial charge is 0.399 e. The van der Waals surface area contributed by atoms with Crippen molar-refractivity contribution in [2.45, 2.75) is 0 Å². The van der Waals surface area contributed by atoms with Crippen LogP contribution in [0.4, 0.5) is 17.1 Å². The molecule has 0 aliphatic rings. The Morgan fingerprint density at radius 3 is 2.39 bits per heavy atom. The summed E-state index contributed by atoms with van der Waals surface area (Å²) in [5, 5.41) is 3.33. The maximum absolute atomic E-state index is 5.80. The zero-order valence-corrected chi connectivity index (χ0v) is 12.3. The maximum Gasteiger partial charge on any atom is 0.138 e. The summed E-state index contributed by atoms with van der Waals surface area (Å²) in [6.45, 7) is 0. The lowest BCUT2D eigenvalue weighted by Gasteiger charge is -2.06. The molecule has 0 aliphatic carbocycles. The minimum atomic E-state index is 0.726. The summed E-state index contributed by atoms with van der Waals surface area (Å²) < 4.78 is 0. The van der Waals surface area contributed by atoms with Gasteiger partial charge in [-0.05, 0) is 54.6 Å². The topological polar surface area (TPSA) is 79.6 Å². The molecule has 0 unspecified atom stereocenters. The fourth-order valence-electron chi connectivity index (χ4n) is 2.48. The van der Waals surface area contributed by atoms with Crippen LogP contribution in [0.1, 0.15) is 0 Å². The number of hydrogen-bond acceptors (Lipinski definition) is 4. The molecule has 0 saturated heterocycles. The first kappa shape index (κ1) is 13.3. The quantitative estimate of drug-likeness (QED) is 0.501. The fourth-order valence-corrected chi connectivity index (χ4v) is 2.48. The highest BCUT2D eigenvalue weighted by Crippen LogP contribution is 2.24. The molecule has 0 aliphatic heterocycles. The van der Waals surface area contributed by atoms with E-state index in [1.807, 2.05) is 54.6 Å².